The summed E-state index contributed by atoms with van der Waals surface area (Å²) in [6, 6.07) is 2.65. The zero-order valence-electron chi connectivity index (χ0n) is 12.7. The number of imidazole rings is 1. The number of fused-ring (bicyclic) bond motifs is 1. The summed E-state index contributed by atoms with van der Waals surface area (Å²) in [5.41, 5.74) is 3.21. The topological polar surface area (TPSA) is 30.7 Å². The molecule has 0 amide bonds. The van der Waals surface area contributed by atoms with Gasteiger partial charge in [0, 0.05) is 29.8 Å². The van der Waals surface area contributed by atoms with Crippen LogP contribution in [0.15, 0.2) is 12.3 Å². The second-order valence-corrected chi connectivity index (χ2v) is 7.39. The van der Waals surface area contributed by atoms with Gasteiger partial charge < -0.3 is 4.57 Å². The van der Waals surface area contributed by atoms with Crippen LogP contribution >= 0.6 is 23.4 Å². The minimum Gasteiger partial charge on any atom is -0.310 e. The average molecular weight is 324 g/mol. The first-order valence-electron chi connectivity index (χ1n) is 7.65. The zero-order chi connectivity index (χ0) is 14.8. The Morgan fingerprint density at radius 2 is 2.29 bits per heavy atom. The predicted octanol–water partition coefficient (Wildman–Crippen LogP) is 4.37. The van der Waals surface area contributed by atoms with Gasteiger partial charge in [-0.1, -0.05) is 6.42 Å². The fraction of sp³-hybridized carbons (Fsp3) is 0.625. The van der Waals surface area contributed by atoms with Crippen molar-refractivity contribution in [1.82, 2.24) is 14.5 Å². The van der Waals surface area contributed by atoms with Crippen molar-refractivity contribution in [3.8, 4) is 0 Å². The van der Waals surface area contributed by atoms with Crippen molar-refractivity contribution in [2.45, 2.75) is 50.3 Å². The minimum atomic E-state index is 0.523. The molecular weight excluding hydrogens is 302 g/mol. The lowest BCUT2D eigenvalue weighted by molar-refractivity contribution is 0.359. The van der Waals surface area contributed by atoms with Gasteiger partial charge in [-0.05, 0) is 44.1 Å². The lowest BCUT2D eigenvalue weighted by Gasteiger charge is -2.30. The van der Waals surface area contributed by atoms with Gasteiger partial charge in [0.15, 0.2) is 5.65 Å². The molecule has 0 saturated heterocycles. The first-order chi connectivity index (χ1) is 10.2. The normalized spacial score (nSPS) is 22.8. The highest BCUT2D eigenvalue weighted by atomic mass is 35.5. The van der Waals surface area contributed by atoms with Crippen molar-refractivity contribution in [1.29, 1.82) is 0 Å². The molecule has 0 aromatic carbocycles. The number of aryl methyl sites for hydroxylation is 2. The number of alkyl halides is 1. The SMILES string of the molecule is CSC1CCCC(n2c(CCCl)nc3cc(C)cnc32)C1. The Balaban J connectivity index is 2.04. The van der Waals surface area contributed by atoms with E-state index in [4.69, 9.17) is 16.6 Å². The molecule has 2 aromatic heterocycles. The van der Waals surface area contributed by atoms with Crippen molar-refractivity contribution in [2.75, 3.05) is 12.1 Å². The van der Waals surface area contributed by atoms with Crippen molar-refractivity contribution >= 4 is 34.5 Å². The van der Waals surface area contributed by atoms with Crippen LogP contribution in [0.3, 0.4) is 0 Å². The van der Waals surface area contributed by atoms with E-state index in [0.717, 1.165) is 34.2 Å². The Bertz CT molecular complexity index is 625. The molecule has 1 saturated carbocycles. The lowest BCUT2D eigenvalue weighted by Crippen LogP contribution is -2.22. The van der Waals surface area contributed by atoms with Crippen molar-refractivity contribution < 1.29 is 0 Å². The molecule has 0 N–H and O–H groups in total. The molecule has 114 valence electrons. The third kappa shape index (κ3) is 3.07. The lowest BCUT2D eigenvalue weighted by atomic mass is 9.94. The summed E-state index contributed by atoms with van der Waals surface area (Å²) in [7, 11) is 0. The van der Waals surface area contributed by atoms with E-state index in [1.165, 1.54) is 25.7 Å². The first kappa shape index (κ1) is 15.2. The summed E-state index contributed by atoms with van der Waals surface area (Å²) in [5.74, 6) is 1.71. The number of halogens is 1. The standard InChI is InChI=1S/C16H22ClN3S/c1-11-8-14-16(18-10-11)20(15(19-14)6-7-17)12-4-3-5-13(9-12)21-2/h8,10,12-13H,3-7,9H2,1-2H3. The second kappa shape index (κ2) is 6.57. The third-order valence-electron chi connectivity index (χ3n) is 4.35. The van der Waals surface area contributed by atoms with E-state index in [1.807, 2.05) is 18.0 Å². The molecule has 5 heteroatoms. The van der Waals surface area contributed by atoms with Crippen LogP contribution in [0.5, 0.6) is 0 Å². The molecule has 21 heavy (non-hydrogen) atoms. The summed E-state index contributed by atoms with van der Waals surface area (Å²) in [4.78, 5) is 9.46. The number of aromatic nitrogens is 3. The molecule has 0 bridgehead atoms. The first-order valence-corrected chi connectivity index (χ1v) is 9.47. The minimum absolute atomic E-state index is 0.523. The van der Waals surface area contributed by atoms with Gasteiger partial charge in [0.1, 0.15) is 11.3 Å². The number of pyridine rings is 1. The molecular formula is C16H22ClN3S. The van der Waals surface area contributed by atoms with E-state index in [2.05, 4.69) is 28.8 Å². The maximum absolute atomic E-state index is 5.98. The van der Waals surface area contributed by atoms with Crippen LogP contribution in [0.4, 0.5) is 0 Å². The Hall–Kier alpha value is -0.740. The molecule has 0 radical (unpaired) electrons. The zero-order valence-corrected chi connectivity index (χ0v) is 14.3. The van der Waals surface area contributed by atoms with Crippen LogP contribution in [0.1, 0.15) is 43.1 Å². The van der Waals surface area contributed by atoms with Crippen LogP contribution in [-0.4, -0.2) is 31.9 Å². The smallest absolute Gasteiger partial charge is 0.160 e. The van der Waals surface area contributed by atoms with Crippen LogP contribution in [0, 0.1) is 6.92 Å². The van der Waals surface area contributed by atoms with Gasteiger partial charge in [-0.25, -0.2) is 9.97 Å². The van der Waals surface area contributed by atoms with Crippen LogP contribution in [-0.2, 0) is 6.42 Å². The van der Waals surface area contributed by atoms with Gasteiger partial charge in [-0.2, -0.15) is 11.8 Å². The molecule has 3 nitrogen and oxygen atoms in total. The highest BCUT2D eigenvalue weighted by Crippen LogP contribution is 2.36. The van der Waals surface area contributed by atoms with Gasteiger partial charge in [-0.15, -0.1) is 11.6 Å². The number of thioether (sulfide) groups is 1. The van der Waals surface area contributed by atoms with E-state index < -0.39 is 0 Å². The fourth-order valence-corrected chi connectivity index (χ4v) is 4.33. The highest BCUT2D eigenvalue weighted by Gasteiger charge is 2.26. The Kier molecular flexibility index (Phi) is 4.75. The van der Waals surface area contributed by atoms with E-state index >= 15 is 0 Å². The molecule has 2 unspecified atom stereocenters. The highest BCUT2D eigenvalue weighted by molar-refractivity contribution is 7.99. The molecule has 3 rings (SSSR count). The van der Waals surface area contributed by atoms with Gasteiger partial charge in [0.05, 0.1) is 0 Å². The fourth-order valence-electron chi connectivity index (χ4n) is 3.34. The monoisotopic (exact) mass is 323 g/mol. The van der Waals surface area contributed by atoms with E-state index in [1.54, 1.807) is 0 Å². The Labute approximate surface area is 135 Å². The average Bonchev–Trinajstić information content (AvgIpc) is 2.84. The molecule has 2 heterocycles. The molecule has 0 spiro atoms. The van der Waals surface area contributed by atoms with E-state index in [-0.39, 0.29) is 0 Å². The van der Waals surface area contributed by atoms with Gasteiger partial charge in [0.25, 0.3) is 0 Å². The van der Waals surface area contributed by atoms with Crippen LogP contribution in [0.2, 0.25) is 0 Å². The van der Waals surface area contributed by atoms with Crippen LogP contribution in [0.25, 0.3) is 11.2 Å². The Morgan fingerprint density at radius 3 is 3.05 bits per heavy atom. The maximum atomic E-state index is 5.98. The number of rotatable bonds is 4. The summed E-state index contributed by atoms with van der Waals surface area (Å²) in [5, 5.41) is 0.760. The van der Waals surface area contributed by atoms with Gasteiger partial charge >= 0.3 is 0 Å². The van der Waals surface area contributed by atoms with Crippen LogP contribution < -0.4 is 0 Å². The quantitative estimate of drug-likeness (QED) is 0.783. The van der Waals surface area contributed by atoms with E-state index in [0.29, 0.717) is 11.9 Å². The molecule has 2 aromatic rings. The number of hydrogen-bond donors (Lipinski definition) is 0. The maximum Gasteiger partial charge on any atom is 0.160 e. The summed E-state index contributed by atoms with van der Waals surface area (Å²) < 4.78 is 2.37. The van der Waals surface area contributed by atoms with Gasteiger partial charge in [-0.3, -0.25) is 0 Å². The number of nitrogens with zero attached hydrogens (tertiary/aromatic N) is 3. The van der Waals surface area contributed by atoms with E-state index in [9.17, 15) is 0 Å². The van der Waals surface area contributed by atoms with Crippen molar-refractivity contribution in [2.24, 2.45) is 0 Å². The predicted molar refractivity (Wildman–Crippen MR) is 91.5 cm³/mol. The van der Waals surface area contributed by atoms with Crippen molar-refractivity contribution in [3.63, 3.8) is 0 Å². The summed E-state index contributed by atoms with van der Waals surface area (Å²) in [6.45, 7) is 2.07. The van der Waals surface area contributed by atoms with Crippen molar-refractivity contribution in [3.05, 3.63) is 23.7 Å². The van der Waals surface area contributed by atoms with Gasteiger partial charge in [0.2, 0.25) is 0 Å². The third-order valence-corrected chi connectivity index (χ3v) is 5.64. The summed E-state index contributed by atoms with van der Waals surface area (Å²) in [6.07, 6.45) is 10.1. The molecule has 1 aliphatic rings. The number of hydrogen-bond acceptors (Lipinski definition) is 3. The molecule has 1 fully saturated rings. The molecule has 1 aliphatic carbocycles. The molecule has 2 atom stereocenters. The summed E-state index contributed by atoms with van der Waals surface area (Å²) >= 11 is 7.98. The molecule has 0 aliphatic heterocycles. The second-order valence-electron chi connectivity index (χ2n) is 5.87. The largest absolute Gasteiger partial charge is 0.310 e. The Morgan fingerprint density at radius 1 is 1.43 bits per heavy atom.